The second kappa shape index (κ2) is 10.2. The molecule has 2 aromatic carbocycles. The van der Waals surface area contributed by atoms with Crippen molar-refractivity contribution < 1.29 is 22.8 Å². The molecule has 32 heavy (non-hydrogen) atoms. The van der Waals surface area contributed by atoms with Gasteiger partial charge in [-0.2, -0.15) is 4.98 Å². The van der Waals surface area contributed by atoms with Crippen molar-refractivity contribution in [3.63, 3.8) is 0 Å². The number of halogens is 2. The van der Waals surface area contributed by atoms with Gasteiger partial charge in [0, 0.05) is 29.1 Å². The molecular weight excluding hydrogens is 474 g/mol. The number of anilines is 1. The Kier molecular flexibility index (Phi) is 7.33. The lowest BCUT2D eigenvalue weighted by Crippen LogP contribution is -2.12. The lowest BCUT2D eigenvalue weighted by atomic mass is 10.1. The Labute approximate surface area is 195 Å². The summed E-state index contributed by atoms with van der Waals surface area (Å²) in [7, 11) is -3.08. The SMILES string of the molecule is O=C(CCc1oc(Cl)nc1-c1ccc(Cl)cc1)Nc1ccc(CP2(=O)OCCCO2)cc1. The van der Waals surface area contributed by atoms with Gasteiger partial charge < -0.3 is 18.8 Å². The molecule has 1 amide bonds. The maximum Gasteiger partial charge on any atom is 0.335 e. The van der Waals surface area contributed by atoms with Crippen LogP contribution in [-0.2, 0) is 31.0 Å². The van der Waals surface area contributed by atoms with Gasteiger partial charge in [-0.1, -0.05) is 35.9 Å². The van der Waals surface area contributed by atoms with E-state index in [2.05, 4.69) is 10.3 Å². The molecular formula is C22H21Cl2N2O5P. The van der Waals surface area contributed by atoms with Gasteiger partial charge in [0.15, 0.2) is 0 Å². The number of rotatable bonds is 7. The van der Waals surface area contributed by atoms with E-state index in [9.17, 15) is 9.36 Å². The fourth-order valence-corrected chi connectivity index (χ4v) is 5.32. The fraction of sp³-hybridized carbons (Fsp3) is 0.273. The van der Waals surface area contributed by atoms with Crippen LogP contribution in [-0.4, -0.2) is 24.1 Å². The number of nitrogens with one attached hydrogen (secondary N) is 1. The van der Waals surface area contributed by atoms with Gasteiger partial charge in [0.1, 0.15) is 11.5 Å². The van der Waals surface area contributed by atoms with Crippen LogP contribution in [0, 0.1) is 0 Å². The van der Waals surface area contributed by atoms with Gasteiger partial charge in [0.25, 0.3) is 5.35 Å². The summed E-state index contributed by atoms with van der Waals surface area (Å²) in [5, 5.41) is 3.47. The van der Waals surface area contributed by atoms with E-state index < -0.39 is 7.60 Å². The highest BCUT2D eigenvalue weighted by molar-refractivity contribution is 7.53. The van der Waals surface area contributed by atoms with Gasteiger partial charge in [-0.3, -0.25) is 9.36 Å². The summed E-state index contributed by atoms with van der Waals surface area (Å²) in [5.74, 6) is 0.346. The maximum absolute atomic E-state index is 12.5. The smallest absolute Gasteiger partial charge is 0.335 e. The van der Waals surface area contributed by atoms with Crippen LogP contribution < -0.4 is 5.32 Å². The summed E-state index contributed by atoms with van der Waals surface area (Å²) in [6.45, 7) is 0.892. The molecule has 0 atom stereocenters. The number of nitrogens with zero attached hydrogens (tertiary/aromatic N) is 1. The van der Waals surface area contributed by atoms with Crippen molar-refractivity contribution in [2.24, 2.45) is 0 Å². The summed E-state index contributed by atoms with van der Waals surface area (Å²) in [5.41, 5.74) is 2.85. The fourth-order valence-electron chi connectivity index (χ4n) is 3.29. The third-order valence-corrected chi connectivity index (χ3v) is 7.16. The average Bonchev–Trinajstić information content (AvgIpc) is 3.15. The molecule has 1 aromatic heterocycles. The van der Waals surface area contributed by atoms with Crippen molar-refractivity contribution in [2.45, 2.75) is 25.4 Å². The van der Waals surface area contributed by atoms with E-state index in [1.165, 1.54) is 0 Å². The number of hydrogen-bond donors (Lipinski definition) is 1. The molecule has 0 aliphatic carbocycles. The van der Waals surface area contributed by atoms with Crippen LogP contribution in [0.1, 0.15) is 24.2 Å². The van der Waals surface area contributed by atoms with Gasteiger partial charge in [-0.15, -0.1) is 0 Å². The van der Waals surface area contributed by atoms with Crippen LogP contribution in [0.4, 0.5) is 5.69 Å². The number of carbonyl (C=O) groups is 1. The lowest BCUT2D eigenvalue weighted by Gasteiger charge is -2.22. The van der Waals surface area contributed by atoms with Crippen molar-refractivity contribution in [2.75, 3.05) is 18.5 Å². The minimum atomic E-state index is -3.08. The highest BCUT2D eigenvalue weighted by atomic mass is 35.5. The predicted molar refractivity (Wildman–Crippen MR) is 123 cm³/mol. The first kappa shape index (κ1) is 23.0. The van der Waals surface area contributed by atoms with Crippen LogP contribution in [0.3, 0.4) is 0 Å². The Hall–Kier alpha value is -2.15. The molecule has 1 aliphatic heterocycles. The minimum Gasteiger partial charge on any atom is -0.432 e. The molecule has 1 N–H and O–H groups in total. The highest BCUT2D eigenvalue weighted by Crippen LogP contribution is 2.53. The molecule has 2 heterocycles. The molecule has 0 bridgehead atoms. The maximum atomic E-state index is 12.5. The molecule has 0 saturated carbocycles. The largest absolute Gasteiger partial charge is 0.432 e. The van der Waals surface area contributed by atoms with Crippen LogP contribution in [0.5, 0.6) is 0 Å². The number of hydrogen-bond acceptors (Lipinski definition) is 6. The summed E-state index contributed by atoms with van der Waals surface area (Å²) >= 11 is 11.9. The van der Waals surface area contributed by atoms with Crippen LogP contribution in [0.15, 0.2) is 52.9 Å². The average molecular weight is 495 g/mol. The number of benzene rings is 2. The first-order valence-corrected chi connectivity index (χ1v) is 12.6. The molecule has 1 aliphatic rings. The molecule has 1 fully saturated rings. The van der Waals surface area contributed by atoms with Crippen molar-refractivity contribution in [1.29, 1.82) is 0 Å². The Morgan fingerprint density at radius 2 is 1.72 bits per heavy atom. The van der Waals surface area contributed by atoms with Gasteiger partial charge >= 0.3 is 7.60 Å². The summed E-state index contributed by atoms with van der Waals surface area (Å²) in [4.78, 5) is 16.6. The quantitative estimate of drug-likeness (QED) is 0.384. The monoisotopic (exact) mass is 494 g/mol. The van der Waals surface area contributed by atoms with Gasteiger partial charge in [0.05, 0.1) is 19.4 Å². The van der Waals surface area contributed by atoms with Crippen molar-refractivity contribution in [1.82, 2.24) is 4.98 Å². The van der Waals surface area contributed by atoms with Gasteiger partial charge in [-0.05, 0) is 47.9 Å². The van der Waals surface area contributed by atoms with Gasteiger partial charge in [0.2, 0.25) is 5.91 Å². The molecule has 0 radical (unpaired) electrons. The Morgan fingerprint density at radius 1 is 1.03 bits per heavy atom. The first-order chi connectivity index (χ1) is 15.4. The number of carbonyl (C=O) groups excluding carboxylic acids is 1. The molecule has 168 valence electrons. The molecule has 7 nitrogen and oxygen atoms in total. The number of aryl methyl sites for hydroxylation is 1. The van der Waals surface area contributed by atoms with Gasteiger partial charge in [-0.25, -0.2) is 0 Å². The zero-order valence-electron chi connectivity index (χ0n) is 17.1. The minimum absolute atomic E-state index is 0.0193. The Bertz CT molecular complexity index is 1120. The second-order valence-corrected chi connectivity index (χ2v) is 10.1. The predicted octanol–water partition coefficient (Wildman–Crippen LogP) is 6.35. The van der Waals surface area contributed by atoms with E-state index >= 15 is 0 Å². The summed E-state index contributed by atoms with van der Waals surface area (Å²) < 4.78 is 28.6. The normalized spacial score (nSPS) is 15.4. The van der Waals surface area contributed by atoms with E-state index in [1.807, 2.05) is 12.1 Å². The standard InChI is InChI=1S/C22H21Cl2N2O5P/c23-17-6-4-16(5-7-17)21-19(31-22(24)26-21)10-11-20(27)25-18-8-2-15(3-9-18)14-32(28)29-12-1-13-30-32/h2-9H,1,10-14H2,(H,25,27). The third kappa shape index (κ3) is 6.00. The van der Waals surface area contributed by atoms with E-state index in [4.69, 9.17) is 36.7 Å². The Morgan fingerprint density at radius 3 is 2.41 bits per heavy atom. The lowest BCUT2D eigenvalue weighted by molar-refractivity contribution is -0.116. The van der Waals surface area contributed by atoms with E-state index in [1.54, 1.807) is 36.4 Å². The summed E-state index contributed by atoms with van der Waals surface area (Å²) in [6.07, 6.45) is 1.47. The molecule has 10 heteroatoms. The topological polar surface area (TPSA) is 90.7 Å². The third-order valence-electron chi connectivity index (χ3n) is 4.85. The first-order valence-electron chi connectivity index (χ1n) is 10.1. The second-order valence-electron chi connectivity index (χ2n) is 7.28. The van der Waals surface area contributed by atoms with Crippen LogP contribution in [0.25, 0.3) is 11.3 Å². The molecule has 3 aromatic rings. The number of amides is 1. The number of aromatic nitrogens is 1. The highest BCUT2D eigenvalue weighted by Gasteiger charge is 2.28. The van der Waals surface area contributed by atoms with Crippen molar-refractivity contribution in [3.8, 4) is 11.3 Å². The molecule has 0 spiro atoms. The zero-order chi connectivity index (χ0) is 22.6. The van der Waals surface area contributed by atoms with Crippen LogP contribution in [0.2, 0.25) is 10.4 Å². The molecule has 1 saturated heterocycles. The Balaban J connectivity index is 1.34. The van der Waals surface area contributed by atoms with Crippen molar-refractivity contribution in [3.05, 3.63) is 70.2 Å². The molecule has 0 unspecified atom stereocenters. The zero-order valence-corrected chi connectivity index (χ0v) is 19.5. The van der Waals surface area contributed by atoms with Crippen molar-refractivity contribution >= 4 is 42.4 Å². The molecule has 4 rings (SSSR count). The van der Waals surface area contributed by atoms with E-state index in [0.29, 0.717) is 41.8 Å². The number of oxazole rings is 1. The van der Waals surface area contributed by atoms with E-state index in [-0.39, 0.29) is 23.8 Å². The van der Waals surface area contributed by atoms with E-state index in [0.717, 1.165) is 17.5 Å². The van der Waals surface area contributed by atoms with Crippen LogP contribution >= 0.6 is 30.8 Å². The summed E-state index contributed by atoms with van der Waals surface area (Å²) in [6, 6.07) is 14.3.